The maximum Gasteiger partial charge on any atom is 0.119 e. The molecular weight excluding hydrogens is 144 g/mol. The van der Waals surface area contributed by atoms with E-state index in [2.05, 4.69) is 12.8 Å². The van der Waals surface area contributed by atoms with Crippen LogP contribution in [-0.4, -0.2) is 16.1 Å². The lowest BCUT2D eigenvalue weighted by atomic mass is 9.95. The minimum Gasteiger partial charge on any atom is -0.616 e. The summed E-state index contributed by atoms with van der Waals surface area (Å²) in [4.78, 5) is 0. The fraction of sp³-hybridized carbons (Fsp3) is 0.750. The van der Waals surface area contributed by atoms with Crippen LogP contribution in [0.1, 0.15) is 13.3 Å². The van der Waals surface area contributed by atoms with E-state index in [1.807, 2.05) is 0 Å². The lowest BCUT2D eigenvalue weighted by Crippen LogP contribution is -2.08. The zero-order valence-corrected chi connectivity index (χ0v) is 6.99. The second kappa shape index (κ2) is 3.32. The third kappa shape index (κ3) is 1.47. The molecule has 0 aromatic carbocycles. The summed E-state index contributed by atoms with van der Waals surface area (Å²) < 4.78 is 11.0. The monoisotopic (exact) mass is 156 g/mol. The zero-order chi connectivity index (χ0) is 7.56. The van der Waals surface area contributed by atoms with Crippen molar-refractivity contribution < 1.29 is 4.55 Å². The van der Waals surface area contributed by atoms with Gasteiger partial charge in [-0.3, -0.25) is 0 Å². The maximum atomic E-state index is 11.0. The Hall–Kier alpha value is -0.130. The van der Waals surface area contributed by atoms with Crippen molar-refractivity contribution in [1.82, 2.24) is 0 Å². The maximum absolute atomic E-state index is 11.0. The van der Waals surface area contributed by atoms with Crippen LogP contribution in [0.3, 0.4) is 0 Å². The van der Waals surface area contributed by atoms with Crippen LogP contribution in [0.5, 0.6) is 0 Å². The van der Waals surface area contributed by atoms with Gasteiger partial charge in [0.2, 0.25) is 0 Å². The quantitative estimate of drug-likeness (QED) is 0.410. The predicted octanol–water partition coefficient (Wildman–Crippen LogP) is 1.02. The van der Waals surface area contributed by atoms with Gasteiger partial charge in [0.05, 0.1) is 5.92 Å². The highest BCUT2D eigenvalue weighted by molar-refractivity contribution is 7.91. The second-order valence-electron chi connectivity index (χ2n) is 2.71. The SMILES string of the molecule is C#CC1C[S+]([O-])CC1CC. The Balaban J connectivity index is 2.51. The average molecular weight is 156 g/mol. The van der Waals surface area contributed by atoms with E-state index < -0.39 is 11.2 Å². The summed E-state index contributed by atoms with van der Waals surface area (Å²) in [6, 6.07) is 0. The molecule has 0 amide bonds. The fourth-order valence-corrected chi connectivity index (χ4v) is 3.20. The summed E-state index contributed by atoms with van der Waals surface area (Å²) in [5, 5.41) is 0. The van der Waals surface area contributed by atoms with Crippen LogP contribution in [0.25, 0.3) is 0 Å². The van der Waals surface area contributed by atoms with Gasteiger partial charge in [-0.05, 0) is 6.42 Å². The third-order valence-corrected chi connectivity index (χ3v) is 3.60. The van der Waals surface area contributed by atoms with E-state index in [4.69, 9.17) is 6.42 Å². The zero-order valence-electron chi connectivity index (χ0n) is 6.17. The molecule has 3 unspecified atom stereocenters. The van der Waals surface area contributed by atoms with Crippen LogP contribution < -0.4 is 0 Å². The van der Waals surface area contributed by atoms with E-state index in [0.29, 0.717) is 5.92 Å². The molecule has 10 heavy (non-hydrogen) atoms. The first-order valence-electron chi connectivity index (χ1n) is 3.59. The lowest BCUT2D eigenvalue weighted by molar-refractivity contribution is 0.493. The first-order valence-corrected chi connectivity index (χ1v) is 5.07. The van der Waals surface area contributed by atoms with E-state index in [1.165, 1.54) is 0 Å². The van der Waals surface area contributed by atoms with E-state index in [9.17, 15) is 4.55 Å². The molecule has 1 saturated heterocycles. The first-order chi connectivity index (χ1) is 4.77. The molecule has 0 aromatic rings. The molecule has 1 rings (SSSR count). The van der Waals surface area contributed by atoms with Gasteiger partial charge in [0.15, 0.2) is 0 Å². The van der Waals surface area contributed by atoms with Gasteiger partial charge in [-0.1, -0.05) is 24.0 Å². The van der Waals surface area contributed by atoms with Crippen molar-refractivity contribution in [2.75, 3.05) is 11.5 Å². The normalized spacial score (nSPS) is 39.5. The highest BCUT2D eigenvalue weighted by atomic mass is 32.2. The highest BCUT2D eigenvalue weighted by Gasteiger charge is 2.33. The molecule has 2 heteroatoms. The van der Waals surface area contributed by atoms with E-state index in [0.717, 1.165) is 17.9 Å². The van der Waals surface area contributed by atoms with Crippen molar-refractivity contribution >= 4 is 11.2 Å². The molecule has 0 aliphatic carbocycles. The Bertz CT molecular complexity index is 150. The molecule has 0 aromatic heterocycles. The topological polar surface area (TPSA) is 23.1 Å². The fourth-order valence-electron chi connectivity index (χ4n) is 1.35. The molecular formula is C8H12OS. The minimum absolute atomic E-state index is 0.283. The molecule has 0 spiro atoms. The number of terminal acetylenes is 1. The number of hydrogen-bond acceptors (Lipinski definition) is 1. The molecule has 0 bridgehead atoms. The molecule has 0 radical (unpaired) electrons. The average Bonchev–Trinajstić information content (AvgIpc) is 2.30. The number of rotatable bonds is 1. The van der Waals surface area contributed by atoms with Crippen LogP contribution in [-0.2, 0) is 11.2 Å². The smallest absolute Gasteiger partial charge is 0.119 e. The second-order valence-corrected chi connectivity index (χ2v) is 4.26. The summed E-state index contributed by atoms with van der Waals surface area (Å²) in [6.07, 6.45) is 6.35. The Morgan fingerprint density at radius 1 is 1.70 bits per heavy atom. The summed E-state index contributed by atoms with van der Waals surface area (Å²) in [7, 11) is 0. The molecule has 0 saturated carbocycles. The first kappa shape index (κ1) is 7.97. The van der Waals surface area contributed by atoms with Crippen LogP contribution >= 0.6 is 0 Å². The molecule has 1 heterocycles. The van der Waals surface area contributed by atoms with E-state index >= 15 is 0 Å². The van der Waals surface area contributed by atoms with Crippen LogP contribution in [0.15, 0.2) is 0 Å². The van der Waals surface area contributed by atoms with Crippen LogP contribution in [0.4, 0.5) is 0 Å². The standard InChI is InChI=1S/C8H12OS/c1-3-7-5-10(9)6-8(7)4-2/h1,7-8H,4-6H2,2H3. The molecule has 56 valence electrons. The van der Waals surface area contributed by atoms with Crippen molar-refractivity contribution in [2.24, 2.45) is 11.8 Å². The van der Waals surface area contributed by atoms with Crippen molar-refractivity contribution in [1.29, 1.82) is 0 Å². The van der Waals surface area contributed by atoms with Crippen LogP contribution in [0.2, 0.25) is 0 Å². The Morgan fingerprint density at radius 2 is 2.40 bits per heavy atom. The van der Waals surface area contributed by atoms with Gasteiger partial charge in [0.25, 0.3) is 0 Å². The molecule has 1 fully saturated rings. The van der Waals surface area contributed by atoms with Gasteiger partial charge in [-0.15, -0.1) is 6.42 Å². The van der Waals surface area contributed by atoms with Crippen molar-refractivity contribution in [3.63, 3.8) is 0 Å². The third-order valence-electron chi connectivity index (χ3n) is 2.07. The Kier molecular flexibility index (Phi) is 2.64. The van der Waals surface area contributed by atoms with Crippen molar-refractivity contribution in [3.8, 4) is 12.3 Å². The molecule has 1 aliphatic heterocycles. The van der Waals surface area contributed by atoms with Gasteiger partial charge in [-0.2, -0.15) is 0 Å². The summed E-state index contributed by atoms with van der Waals surface area (Å²) in [5.74, 6) is 5.06. The Labute approximate surface area is 65.4 Å². The summed E-state index contributed by atoms with van der Waals surface area (Å²) >= 11 is -0.625. The summed E-state index contributed by atoms with van der Waals surface area (Å²) in [6.45, 7) is 2.11. The lowest BCUT2D eigenvalue weighted by Gasteiger charge is -2.04. The van der Waals surface area contributed by atoms with Crippen molar-refractivity contribution in [2.45, 2.75) is 13.3 Å². The van der Waals surface area contributed by atoms with Gasteiger partial charge >= 0.3 is 0 Å². The van der Waals surface area contributed by atoms with E-state index in [1.54, 1.807) is 0 Å². The molecule has 3 atom stereocenters. The van der Waals surface area contributed by atoms with Gasteiger partial charge < -0.3 is 4.55 Å². The van der Waals surface area contributed by atoms with Gasteiger partial charge in [-0.25, -0.2) is 0 Å². The Morgan fingerprint density at radius 3 is 2.80 bits per heavy atom. The molecule has 1 aliphatic rings. The molecule has 1 nitrogen and oxygen atoms in total. The number of hydrogen-bond donors (Lipinski definition) is 0. The summed E-state index contributed by atoms with van der Waals surface area (Å²) in [5.41, 5.74) is 0. The van der Waals surface area contributed by atoms with Crippen molar-refractivity contribution in [3.05, 3.63) is 0 Å². The highest BCUT2D eigenvalue weighted by Crippen LogP contribution is 2.26. The van der Waals surface area contributed by atoms with Gasteiger partial charge in [0, 0.05) is 5.92 Å². The van der Waals surface area contributed by atoms with Crippen LogP contribution in [0, 0.1) is 24.2 Å². The predicted molar refractivity (Wildman–Crippen MR) is 44.0 cm³/mol. The largest absolute Gasteiger partial charge is 0.616 e. The minimum atomic E-state index is -0.625. The van der Waals surface area contributed by atoms with Gasteiger partial charge in [0.1, 0.15) is 11.5 Å². The molecule has 0 N–H and O–H groups in total. The van der Waals surface area contributed by atoms with E-state index in [-0.39, 0.29) is 5.92 Å².